The minimum absolute atomic E-state index is 0.0480. The molecule has 0 saturated heterocycles. The van der Waals surface area contributed by atoms with Crippen molar-refractivity contribution in [2.24, 2.45) is 17.8 Å². The summed E-state index contributed by atoms with van der Waals surface area (Å²) in [5.41, 5.74) is 1.94. The summed E-state index contributed by atoms with van der Waals surface area (Å²) in [5.74, 6) is -1.52. The van der Waals surface area contributed by atoms with Crippen LogP contribution in [0.4, 0.5) is 0 Å². The van der Waals surface area contributed by atoms with E-state index in [1.807, 2.05) is 19.9 Å². The second kappa shape index (κ2) is 13.0. The van der Waals surface area contributed by atoms with E-state index in [-0.39, 0.29) is 18.1 Å². The monoisotopic (exact) mass is 382 g/mol. The largest absolute Gasteiger partial charge is 0.392 e. The van der Waals surface area contributed by atoms with Gasteiger partial charge in [-0.15, -0.1) is 0 Å². The molecule has 0 heterocycles. The van der Waals surface area contributed by atoms with Gasteiger partial charge in [-0.05, 0) is 45.4 Å². The van der Waals surface area contributed by atoms with Crippen molar-refractivity contribution in [3.05, 3.63) is 23.8 Å². The summed E-state index contributed by atoms with van der Waals surface area (Å²) in [4.78, 5) is 22.9. The first-order chi connectivity index (χ1) is 12.5. The van der Waals surface area contributed by atoms with E-state index in [0.717, 1.165) is 24.8 Å². The molecular formula is C22H38O5. The van der Waals surface area contributed by atoms with Crippen molar-refractivity contribution in [2.75, 3.05) is 0 Å². The van der Waals surface area contributed by atoms with Gasteiger partial charge in [0.2, 0.25) is 0 Å². The Morgan fingerprint density at radius 1 is 1.04 bits per heavy atom. The first-order valence-corrected chi connectivity index (χ1v) is 9.85. The van der Waals surface area contributed by atoms with Crippen LogP contribution in [-0.4, -0.2) is 45.7 Å². The molecule has 5 nitrogen and oxygen atoms in total. The van der Waals surface area contributed by atoms with Crippen molar-refractivity contribution in [3.63, 3.8) is 0 Å². The first-order valence-electron chi connectivity index (χ1n) is 9.85. The van der Waals surface area contributed by atoms with Crippen LogP contribution in [0.2, 0.25) is 0 Å². The lowest BCUT2D eigenvalue weighted by Gasteiger charge is -2.27. The Hall–Kier alpha value is -1.30. The van der Waals surface area contributed by atoms with Gasteiger partial charge in [-0.2, -0.15) is 0 Å². The highest BCUT2D eigenvalue weighted by Gasteiger charge is 2.32. The number of aldehydes is 1. The van der Waals surface area contributed by atoms with E-state index in [2.05, 4.69) is 6.58 Å². The van der Waals surface area contributed by atoms with Gasteiger partial charge in [0.1, 0.15) is 12.1 Å². The fourth-order valence-electron chi connectivity index (χ4n) is 3.06. The Morgan fingerprint density at radius 3 is 2.15 bits per heavy atom. The molecule has 0 aromatic carbocycles. The number of aliphatic hydroxyl groups is 3. The fourth-order valence-corrected chi connectivity index (χ4v) is 3.06. The molecule has 0 unspecified atom stereocenters. The van der Waals surface area contributed by atoms with Crippen molar-refractivity contribution >= 4 is 12.1 Å². The number of hydrogen-bond acceptors (Lipinski definition) is 5. The van der Waals surface area contributed by atoms with Gasteiger partial charge in [-0.25, -0.2) is 0 Å². The third-order valence-electron chi connectivity index (χ3n) is 5.40. The number of hydrogen-bond donors (Lipinski definition) is 3. The van der Waals surface area contributed by atoms with E-state index in [0.29, 0.717) is 12.7 Å². The van der Waals surface area contributed by atoms with Gasteiger partial charge < -0.3 is 20.1 Å². The Kier molecular flexibility index (Phi) is 12.4. The van der Waals surface area contributed by atoms with Gasteiger partial charge in [-0.1, -0.05) is 44.6 Å². The summed E-state index contributed by atoms with van der Waals surface area (Å²) < 4.78 is 0. The standard InChI is InChI=1S/C22H38O5/c1-14(2)19(24)11-10-15(3)8-7-9-16(4)21(26)18(6)22(27)17(5)20(25)12-13-23/h10,13,16-21,24-26H,1,7-9,11-12H2,2-6H3/b15-10+/t16-,17+,18+,19-,20-,21-/m0/s1. The van der Waals surface area contributed by atoms with Crippen LogP contribution in [-0.2, 0) is 9.59 Å². The Balaban J connectivity index is 4.46. The number of aliphatic hydroxyl groups excluding tert-OH is 3. The number of ketones is 1. The molecule has 0 spiro atoms. The third-order valence-corrected chi connectivity index (χ3v) is 5.40. The van der Waals surface area contributed by atoms with Crippen molar-refractivity contribution in [2.45, 2.75) is 85.0 Å². The number of carbonyl (C=O) groups excluding carboxylic acids is 2. The normalized spacial score (nSPS) is 18.9. The number of Topliss-reactive ketones (excluding diaryl/α,β-unsaturated/α-hetero) is 1. The van der Waals surface area contributed by atoms with Gasteiger partial charge >= 0.3 is 0 Å². The molecule has 6 atom stereocenters. The van der Waals surface area contributed by atoms with Crippen LogP contribution < -0.4 is 0 Å². The maximum Gasteiger partial charge on any atom is 0.143 e. The van der Waals surface area contributed by atoms with Crippen LogP contribution in [0, 0.1) is 17.8 Å². The molecule has 0 fully saturated rings. The highest BCUT2D eigenvalue weighted by Crippen LogP contribution is 2.24. The van der Waals surface area contributed by atoms with Crippen LogP contribution in [0.25, 0.3) is 0 Å². The van der Waals surface area contributed by atoms with Gasteiger partial charge in [0.25, 0.3) is 0 Å². The highest BCUT2D eigenvalue weighted by molar-refractivity contribution is 5.84. The van der Waals surface area contributed by atoms with Crippen LogP contribution in [0.3, 0.4) is 0 Å². The van der Waals surface area contributed by atoms with E-state index < -0.39 is 30.1 Å². The van der Waals surface area contributed by atoms with Gasteiger partial charge in [0.05, 0.1) is 18.3 Å². The minimum Gasteiger partial charge on any atom is -0.392 e. The number of carbonyl (C=O) groups is 2. The maximum atomic E-state index is 12.4. The fraction of sp³-hybridized carbons (Fsp3) is 0.727. The summed E-state index contributed by atoms with van der Waals surface area (Å²) in [6.07, 6.45) is 3.35. The Labute approximate surface area is 164 Å². The first kappa shape index (κ1) is 25.7. The molecule has 0 aromatic rings. The molecule has 0 saturated carbocycles. The molecule has 0 bridgehead atoms. The molecule has 156 valence electrons. The van der Waals surface area contributed by atoms with E-state index in [4.69, 9.17) is 0 Å². The zero-order chi connectivity index (χ0) is 21.1. The molecule has 0 aromatic heterocycles. The molecule has 3 N–H and O–H groups in total. The van der Waals surface area contributed by atoms with Gasteiger partial charge in [0.15, 0.2) is 0 Å². The molecule has 0 radical (unpaired) electrons. The molecule has 0 amide bonds. The SMILES string of the molecule is C=C(C)[C@@H](O)C/C=C(\C)CCC[C@H](C)[C@H](O)[C@@H](C)C(=O)[C@H](C)[C@@H](O)CC=O. The van der Waals surface area contributed by atoms with Crippen LogP contribution in [0.5, 0.6) is 0 Å². The van der Waals surface area contributed by atoms with Crippen molar-refractivity contribution in [1.82, 2.24) is 0 Å². The van der Waals surface area contributed by atoms with E-state index in [9.17, 15) is 24.9 Å². The predicted octanol–water partition coefficient (Wildman–Crippen LogP) is 3.22. The topological polar surface area (TPSA) is 94.8 Å². The molecule has 0 aliphatic rings. The second-order valence-corrected chi connectivity index (χ2v) is 7.96. The second-order valence-electron chi connectivity index (χ2n) is 7.96. The highest BCUT2D eigenvalue weighted by atomic mass is 16.3. The van der Waals surface area contributed by atoms with Crippen molar-refractivity contribution in [3.8, 4) is 0 Å². The third kappa shape index (κ3) is 9.45. The molecular weight excluding hydrogens is 344 g/mol. The quantitative estimate of drug-likeness (QED) is 0.317. The summed E-state index contributed by atoms with van der Waals surface area (Å²) >= 11 is 0. The van der Waals surface area contributed by atoms with Gasteiger partial charge in [0, 0.05) is 18.3 Å². The van der Waals surface area contributed by atoms with Gasteiger partial charge in [-0.3, -0.25) is 4.79 Å². The lowest BCUT2D eigenvalue weighted by atomic mass is 9.81. The van der Waals surface area contributed by atoms with E-state index in [1.165, 1.54) is 5.57 Å². The smallest absolute Gasteiger partial charge is 0.143 e. The van der Waals surface area contributed by atoms with Crippen LogP contribution in [0.1, 0.15) is 66.7 Å². The summed E-state index contributed by atoms with van der Waals surface area (Å²) in [6, 6.07) is 0. The summed E-state index contributed by atoms with van der Waals surface area (Å²) in [7, 11) is 0. The van der Waals surface area contributed by atoms with Crippen molar-refractivity contribution in [1.29, 1.82) is 0 Å². The molecule has 27 heavy (non-hydrogen) atoms. The molecule has 0 rings (SSSR count). The lowest BCUT2D eigenvalue weighted by molar-refractivity contribution is -0.134. The van der Waals surface area contributed by atoms with Crippen molar-refractivity contribution < 1.29 is 24.9 Å². The Bertz CT molecular complexity index is 511. The number of rotatable bonds is 14. The summed E-state index contributed by atoms with van der Waals surface area (Å²) in [5, 5.41) is 30.1. The lowest BCUT2D eigenvalue weighted by Crippen LogP contribution is -2.38. The minimum atomic E-state index is -0.998. The molecule has 0 aliphatic carbocycles. The van der Waals surface area contributed by atoms with Crippen LogP contribution >= 0.6 is 0 Å². The number of allylic oxidation sites excluding steroid dienone is 1. The van der Waals surface area contributed by atoms with E-state index in [1.54, 1.807) is 20.8 Å². The molecule has 0 aliphatic heterocycles. The molecule has 5 heteroatoms. The maximum absolute atomic E-state index is 12.4. The average molecular weight is 383 g/mol. The van der Waals surface area contributed by atoms with E-state index >= 15 is 0 Å². The zero-order valence-electron chi connectivity index (χ0n) is 17.5. The zero-order valence-corrected chi connectivity index (χ0v) is 17.5. The predicted molar refractivity (Wildman–Crippen MR) is 108 cm³/mol. The van der Waals surface area contributed by atoms with Crippen LogP contribution in [0.15, 0.2) is 23.8 Å². The average Bonchev–Trinajstić information content (AvgIpc) is 2.63. The summed E-state index contributed by atoms with van der Waals surface area (Å²) in [6.45, 7) is 12.8. The Morgan fingerprint density at radius 2 is 1.63 bits per heavy atom.